The Balaban J connectivity index is 1.42. The molecule has 144 valence electrons. The van der Waals surface area contributed by atoms with Crippen LogP contribution < -0.4 is 5.32 Å². The molecule has 1 saturated heterocycles. The van der Waals surface area contributed by atoms with Crippen LogP contribution in [0.5, 0.6) is 0 Å². The molecule has 3 aromatic rings. The molecule has 3 heterocycles. The number of rotatable bonds is 4. The van der Waals surface area contributed by atoms with Crippen LogP contribution in [0.2, 0.25) is 0 Å². The molecule has 0 aliphatic carbocycles. The number of hydrogen-bond acceptors (Lipinski definition) is 3. The molecule has 2 amide bonds. The second kappa shape index (κ2) is 7.80. The molecular weight excluding hydrogens is 357 g/mol. The van der Waals surface area contributed by atoms with E-state index in [1.165, 1.54) is 12.1 Å². The van der Waals surface area contributed by atoms with Crippen LogP contribution in [-0.2, 0) is 6.54 Å². The van der Waals surface area contributed by atoms with Crippen molar-refractivity contribution in [1.82, 2.24) is 24.8 Å². The maximum Gasteiger partial charge on any atom is 0.317 e. The average Bonchev–Trinajstić information content (AvgIpc) is 3.34. The number of likely N-dealkylation sites (tertiary alicyclic amines) is 1. The number of nitrogens with zero attached hydrogens (tertiary/aromatic N) is 4. The highest BCUT2D eigenvalue weighted by Gasteiger charge is 2.29. The van der Waals surface area contributed by atoms with E-state index in [-0.39, 0.29) is 17.9 Å². The van der Waals surface area contributed by atoms with E-state index in [2.05, 4.69) is 19.9 Å². The maximum atomic E-state index is 13.0. The third kappa shape index (κ3) is 3.74. The highest BCUT2D eigenvalue weighted by Crippen LogP contribution is 2.29. The molecule has 4 rings (SSSR count). The molecule has 1 unspecified atom stereocenters. The summed E-state index contributed by atoms with van der Waals surface area (Å²) in [6.07, 6.45) is 6.26. The van der Waals surface area contributed by atoms with Crippen molar-refractivity contribution in [2.24, 2.45) is 0 Å². The SMILES string of the molecule is Cc1cnc(-c2ccncc2)n1C1CCN(C(=O)NCc2ccc(F)cc2)C1. The van der Waals surface area contributed by atoms with Crippen molar-refractivity contribution in [2.75, 3.05) is 13.1 Å². The number of nitrogens with one attached hydrogen (secondary N) is 1. The number of amides is 2. The normalized spacial score (nSPS) is 16.4. The number of aromatic nitrogens is 3. The first-order valence-corrected chi connectivity index (χ1v) is 9.33. The van der Waals surface area contributed by atoms with Gasteiger partial charge in [-0.1, -0.05) is 12.1 Å². The van der Waals surface area contributed by atoms with Crippen LogP contribution in [0.15, 0.2) is 55.0 Å². The quantitative estimate of drug-likeness (QED) is 0.754. The van der Waals surface area contributed by atoms with Crippen molar-refractivity contribution in [2.45, 2.75) is 25.9 Å². The van der Waals surface area contributed by atoms with Gasteiger partial charge in [-0.15, -0.1) is 0 Å². The number of carbonyl (C=O) groups excluding carboxylic acids is 1. The monoisotopic (exact) mass is 379 g/mol. The van der Waals surface area contributed by atoms with Gasteiger partial charge in [0.1, 0.15) is 11.6 Å². The Kier molecular flexibility index (Phi) is 5.06. The molecular formula is C21H22FN5O. The largest absolute Gasteiger partial charge is 0.334 e. The van der Waals surface area contributed by atoms with Gasteiger partial charge >= 0.3 is 6.03 Å². The fraction of sp³-hybridized carbons (Fsp3) is 0.286. The molecule has 0 saturated carbocycles. The van der Waals surface area contributed by atoms with E-state index in [0.29, 0.717) is 19.6 Å². The second-order valence-corrected chi connectivity index (χ2v) is 7.00. The summed E-state index contributed by atoms with van der Waals surface area (Å²) >= 11 is 0. The summed E-state index contributed by atoms with van der Waals surface area (Å²) in [6, 6.07) is 10.1. The molecule has 1 aliphatic heterocycles. The van der Waals surface area contributed by atoms with Crippen molar-refractivity contribution in [3.05, 3.63) is 72.1 Å². The van der Waals surface area contributed by atoms with Gasteiger partial charge in [0.2, 0.25) is 0 Å². The minimum Gasteiger partial charge on any atom is -0.334 e. The van der Waals surface area contributed by atoms with Gasteiger partial charge in [-0.05, 0) is 43.2 Å². The molecule has 1 N–H and O–H groups in total. The van der Waals surface area contributed by atoms with Gasteiger partial charge in [0.15, 0.2) is 0 Å². The van der Waals surface area contributed by atoms with Crippen LogP contribution in [0.25, 0.3) is 11.4 Å². The fourth-order valence-electron chi connectivity index (χ4n) is 3.65. The summed E-state index contributed by atoms with van der Waals surface area (Å²) in [6.45, 7) is 3.74. The lowest BCUT2D eigenvalue weighted by atomic mass is 10.2. The first-order chi connectivity index (χ1) is 13.6. The Labute approximate surface area is 163 Å². The van der Waals surface area contributed by atoms with E-state index in [1.54, 1.807) is 24.5 Å². The fourth-order valence-corrected chi connectivity index (χ4v) is 3.65. The first-order valence-electron chi connectivity index (χ1n) is 9.33. The number of urea groups is 1. The van der Waals surface area contributed by atoms with Crippen LogP contribution in [0.1, 0.15) is 23.7 Å². The Morgan fingerprint density at radius 2 is 1.96 bits per heavy atom. The van der Waals surface area contributed by atoms with Crippen LogP contribution in [0.4, 0.5) is 9.18 Å². The molecule has 2 aromatic heterocycles. The van der Waals surface area contributed by atoms with Gasteiger partial charge in [-0.2, -0.15) is 0 Å². The van der Waals surface area contributed by atoms with E-state index in [0.717, 1.165) is 29.1 Å². The zero-order valence-electron chi connectivity index (χ0n) is 15.7. The molecule has 1 atom stereocenters. The zero-order valence-corrected chi connectivity index (χ0v) is 15.7. The van der Waals surface area contributed by atoms with E-state index < -0.39 is 0 Å². The molecule has 1 aliphatic rings. The zero-order chi connectivity index (χ0) is 19.5. The lowest BCUT2D eigenvalue weighted by molar-refractivity contribution is 0.206. The number of imidazole rings is 1. The second-order valence-electron chi connectivity index (χ2n) is 7.00. The summed E-state index contributed by atoms with van der Waals surface area (Å²) in [4.78, 5) is 23.0. The number of hydrogen-bond donors (Lipinski definition) is 1. The minimum atomic E-state index is -0.279. The molecule has 28 heavy (non-hydrogen) atoms. The Hall–Kier alpha value is -3.22. The number of pyridine rings is 1. The molecule has 1 fully saturated rings. The summed E-state index contributed by atoms with van der Waals surface area (Å²) in [5.74, 6) is 0.622. The molecule has 7 heteroatoms. The van der Waals surface area contributed by atoms with Crippen LogP contribution >= 0.6 is 0 Å². The third-order valence-corrected chi connectivity index (χ3v) is 5.09. The Morgan fingerprint density at radius 3 is 2.71 bits per heavy atom. The van der Waals surface area contributed by atoms with Crippen LogP contribution in [0, 0.1) is 12.7 Å². The molecule has 6 nitrogen and oxygen atoms in total. The van der Waals surface area contributed by atoms with Crippen molar-refractivity contribution < 1.29 is 9.18 Å². The predicted molar refractivity (Wildman–Crippen MR) is 104 cm³/mol. The molecule has 1 aromatic carbocycles. The summed E-state index contributed by atoms with van der Waals surface area (Å²) in [5.41, 5.74) is 2.96. The highest BCUT2D eigenvalue weighted by atomic mass is 19.1. The number of benzene rings is 1. The minimum absolute atomic E-state index is 0.102. The maximum absolute atomic E-state index is 13.0. The van der Waals surface area contributed by atoms with E-state index >= 15 is 0 Å². The average molecular weight is 379 g/mol. The lowest BCUT2D eigenvalue weighted by Gasteiger charge is -2.20. The smallest absolute Gasteiger partial charge is 0.317 e. The van der Waals surface area contributed by atoms with E-state index in [9.17, 15) is 9.18 Å². The number of halogens is 1. The van der Waals surface area contributed by atoms with Gasteiger partial charge in [0, 0.05) is 49.5 Å². The van der Waals surface area contributed by atoms with Crippen LogP contribution in [0.3, 0.4) is 0 Å². The number of carbonyl (C=O) groups is 1. The van der Waals surface area contributed by atoms with Gasteiger partial charge in [0.25, 0.3) is 0 Å². The topological polar surface area (TPSA) is 63.1 Å². The Bertz CT molecular complexity index is 955. The van der Waals surface area contributed by atoms with Crippen molar-refractivity contribution in [1.29, 1.82) is 0 Å². The number of aryl methyl sites for hydroxylation is 1. The standard InChI is InChI=1S/C21H22FN5O/c1-15-12-24-20(17-6-9-23-10-7-17)27(15)19-8-11-26(14-19)21(28)25-13-16-2-4-18(22)5-3-16/h2-7,9-10,12,19H,8,11,13-14H2,1H3,(H,25,28). The van der Waals surface area contributed by atoms with Gasteiger partial charge in [-0.25, -0.2) is 14.2 Å². The lowest BCUT2D eigenvalue weighted by Crippen LogP contribution is -2.38. The van der Waals surface area contributed by atoms with E-state index in [1.807, 2.05) is 30.2 Å². The molecule has 0 spiro atoms. The van der Waals surface area contributed by atoms with E-state index in [4.69, 9.17) is 0 Å². The summed E-state index contributed by atoms with van der Waals surface area (Å²) in [7, 11) is 0. The Morgan fingerprint density at radius 1 is 1.21 bits per heavy atom. The van der Waals surface area contributed by atoms with Crippen LogP contribution in [-0.4, -0.2) is 38.6 Å². The summed E-state index contributed by atoms with van der Waals surface area (Å²) in [5, 5.41) is 2.92. The third-order valence-electron chi connectivity index (χ3n) is 5.09. The predicted octanol–water partition coefficient (Wildman–Crippen LogP) is 3.55. The summed E-state index contributed by atoms with van der Waals surface area (Å²) < 4.78 is 15.2. The van der Waals surface area contributed by atoms with Crippen molar-refractivity contribution in [3.63, 3.8) is 0 Å². The van der Waals surface area contributed by atoms with Gasteiger partial charge in [-0.3, -0.25) is 4.98 Å². The molecule has 0 radical (unpaired) electrons. The first kappa shape index (κ1) is 18.2. The molecule has 0 bridgehead atoms. The van der Waals surface area contributed by atoms with Gasteiger partial charge < -0.3 is 14.8 Å². The van der Waals surface area contributed by atoms with Gasteiger partial charge in [0.05, 0.1) is 6.04 Å². The van der Waals surface area contributed by atoms with Crippen molar-refractivity contribution in [3.8, 4) is 11.4 Å². The van der Waals surface area contributed by atoms with Crippen molar-refractivity contribution >= 4 is 6.03 Å². The highest BCUT2D eigenvalue weighted by molar-refractivity contribution is 5.74.